The lowest BCUT2D eigenvalue weighted by Gasteiger charge is -2.27. The quantitative estimate of drug-likeness (QED) is 0.795. The van der Waals surface area contributed by atoms with Gasteiger partial charge in [0.25, 0.3) is 0 Å². The van der Waals surface area contributed by atoms with E-state index in [0.717, 1.165) is 30.4 Å². The minimum absolute atomic E-state index is 0.431. The Hall–Kier alpha value is -0.000000000000000111. The predicted octanol–water partition coefficient (Wildman–Crippen LogP) is 2.45. The van der Waals surface area contributed by atoms with E-state index in [1.165, 1.54) is 0 Å². The molecule has 0 saturated carbocycles. The number of nitrogens with zero attached hydrogens (tertiary/aromatic N) is 3. The predicted molar refractivity (Wildman–Crippen MR) is 64.3 cm³/mol. The zero-order valence-electron chi connectivity index (χ0n) is 7.41. The Labute approximate surface area is 100 Å². The standard InChI is InChI=1S/C8H9BrClN3S/c9-7-8(10)12-6(5-11-7)13-1-3-14-4-2-13/h5H,1-4H2. The molecule has 0 aromatic carbocycles. The van der Waals surface area contributed by atoms with Crippen LogP contribution in [0.3, 0.4) is 0 Å². The molecule has 1 aliphatic heterocycles. The number of rotatable bonds is 1. The van der Waals surface area contributed by atoms with Crippen molar-refractivity contribution >= 4 is 45.1 Å². The van der Waals surface area contributed by atoms with Crippen LogP contribution in [0.15, 0.2) is 10.8 Å². The van der Waals surface area contributed by atoms with Crippen molar-refractivity contribution in [3.05, 3.63) is 16.0 Å². The van der Waals surface area contributed by atoms with Crippen molar-refractivity contribution in [3.63, 3.8) is 0 Å². The van der Waals surface area contributed by atoms with E-state index in [0.29, 0.717) is 9.76 Å². The molecule has 0 unspecified atom stereocenters. The second kappa shape index (κ2) is 4.68. The van der Waals surface area contributed by atoms with Crippen molar-refractivity contribution in [1.29, 1.82) is 0 Å². The van der Waals surface area contributed by atoms with Gasteiger partial charge >= 0.3 is 0 Å². The van der Waals surface area contributed by atoms with Gasteiger partial charge in [-0.1, -0.05) is 11.6 Å². The normalized spacial score (nSPS) is 17.1. The van der Waals surface area contributed by atoms with Gasteiger partial charge in [-0.2, -0.15) is 11.8 Å². The SMILES string of the molecule is Clc1nc(N2CCSCC2)cnc1Br. The van der Waals surface area contributed by atoms with Crippen LogP contribution >= 0.6 is 39.3 Å². The van der Waals surface area contributed by atoms with Crippen LogP contribution < -0.4 is 4.90 Å². The highest BCUT2D eigenvalue weighted by Crippen LogP contribution is 2.22. The zero-order chi connectivity index (χ0) is 9.97. The van der Waals surface area contributed by atoms with E-state index in [2.05, 4.69) is 30.8 Å². The molecule has 2 rings (SSSR count). The van der Waals surface area contributed by atoms with Crippen LogP contribution in [-0.2, 0) is 0 Å². The summed E-state index contributed by atoms with van der Waals surface area (Å²) >= 11 is 11.1. The van der Waals surface area contributed by atoms with E-state index < -0.39 is 0 Å². The lowest BCUT2D eigenvalue weighted by molar-refractivity contribution is 0.832. The van der Waals surface area contributed by atoms with E-state index in [9.17, 15) is 0 Å². The van der Waals surface area contributed by atoms with Crippen LogP contribution in [0.4, 0.5) is 5.82 Å². The van der Waals surface area contributed by atoms with Crippen LogP contribution in [-0.4, -0.2) is 34.6 Å². The molecule has 1 saturated heterocycles. The Kier molecular flexibility index (Phi) is 3.52. The van der Waals surface area contributed by atoms with Crippen molar-refractivity contribution < 1.29 is 0 Å². The molecule has 0 bridgehead atoms. The molecule has 0 N–H and O–H groups in total. The largest absolute Gasteiger partial charge is 0.354 e. The van der Waals surface area contributed by atoms with Crippen LogP contribution in [0.5, 0.6) is 0 Å². The molecule has 0 spiro atoms. The summed E-state index contributed by atoms with van der Waals surface area (Å²) in [5.74, 6) is 3.17. The maximum absolute atomic E-state index is 5.88. The first-order valence-electron chi connectivity index (χ1n) is 4.28. The minimum Gasteiger partial charge on any atom is -0.354 e. The molecule has 14 heavy (non-hydrogen) atoms. The third-order valence-electron chi connectivity index (χ3n) is 2.01. The van der Waals surface area contributed by atoms with Crippen LogP contribution in [0.1, 0.15) is 0 Å². The number of aromatic nitrogens is 2. The van der Waals surface area contributed by atoms with Gasteiger partial charge < -0.3 is 4.90 Å². The van der Waals surface area contributed by atoms with Gasteiger partial charge in [-0.05, 0) is 15.9 Å². The second-order valence-corrected chi connectivity index (χ2v) is 5.24. The second-order valence-electron chi connectivity index (χ2n) is 2.91. The average Bonchev–Trinajstić information content (AvgIpc) is 2.23. The summed E-state index contributed by atoms with van der Waals surface area (Å²) < 4.78 is 0.606. The molecule has 0 amide bonds. The summed E-state index contributed by atoms with van der Waals surface area (Å²) in [6, 6.07) is 0. The lowest BCUT2D eigenvalue weighted by Crippen LogP contribution is -2.33. The fourth-order valence-corrected chi connectivity index (χ4v) is 2.52. The molecule has 76 valence electrons. The molecule has 1 fully saturated rings. The van der Waals surface area contributed by atoms with E-state index in [4.69, 9.17) is 11.6 Å². The first-order chi connectivity index (χ1) is 6.77. The third kappa shape index (κ3) is 2.32. The Morgan fingerprint density at radius 3 is 2.79 bits per heavy atom. The fraction of sp³-hybridized carbons (Fsp3) is 0.500. The number of hydrogen-bond acceptors (Lipinski definition) is 4. The van der Waals surface area contributed by atoms with Crippen molar-refractivity contribution in [2.24, 2.45) is 0 Å². The molecule has 0 aliphatic carbocycles. The average molecular weight is 295 g/mol. The molecule has 6 heteroatoms. The van der Waals surface area contributed by atoms with Crippen LogP contribution in [0.25, 0.3) is 0 Å². The highest BCUT2D eigenvalue weighted by molar-refractivity contribution is 9.10. The summed E-state index contributed by atoms with van der Waals surface area (Å²) in [6.07, 6.45) is 1.76. The van der Waals surface area contributed by atoms with Gasteiger partial charge in [0.2, 0.25) is 0 Å². The Bertz CT molecular complexity index is 330. The first-order valence-corrected chi connectivity index (χ1v) is 6.60. The first kappa shape index (κ1) is 10.5. The fourth-order valence-electron chi connectivity index (χ4n) is 1.29. The van der Waals surface area contributed by atoms with Crippen molar-refractivity contribution in [2.45, 2.75) is 0 Å². The third-order valence-corrected chi connectivity index (χ3v) is 4.03. The Morgan fingerprint density at radius 1 is 1.43 bits per heavy atom. The molecular formula is C8H9BrClN3S. The van der Waals surface area contributed by atoms with Gasteiger partial charge in [0.1, 0.15) is 10.4 Å². The maximum Gasteiger partial charge on any atom is 0.164 e. The summed E-state index contributed by atoms with van der Waals surface area (Å²) in [7, 11) is 0. The van der Waals surface area contributed by atoms with Gasteiger partial charge in [-0.15, -0.1) is 0 Å². The maximum atomic E-state index is 5.88. The Balaban J connectivity index is 2.18. The van der Waals surface area contributed by atoms with Gasteiger partial charge in [-0.25, -0.2) is 9.97 Å². The number of anilines is 1. The minimum atomic E-state index is 0.431. The molecule has 2 heterocycles. The van der Waals surface area contributed by atoms with E-state index in [1.807, 2.05) is 11.8 Å². The van der Waals surface area contributed by atoms with Gasteiger partial charge in [0, 0.05) is 24.6 Å². The molecule has 3 nitrogen and oxygen atoms in total. The summed E-state index contributed by atoms with van der Waals surface area (Å²) in [4.78, 5) is 10.6. The van der Waals surface area contributed by atoms with E-state index in [-0.39, 0.29) is 0 Å². The zero-order valence-corrected chi connectivity index (χ0v) is 10.6. The van der Waals surface area contributed by atoms with Crippen molar-refractivity contribution in [1.82, 2.24) is 9.97 Å². The van der Waals surface area contributed by atoms with Gasteiger partial charge in [-0.3, -0.25) is 0 Å². The summed E-state index contributed by atoms with van der Waals surface area (Å²) in [5.41, 5.74) is 0. The molecule has 1 aliphatic rings. The smallest absolute Gasteiger partial charge is 0.164 e. The molecule has 1 aromatic heterocycles. The van der Waals surface area contributed by atoms with Crippen LogP contribution in [0.2, 0.25) is 5.15 Å². The monoisotopic (exact) mass is 293 g/mol. The lowest BCUT2D eigenvalue weighted by atomic mass is 10.5. The van der Waals surface area contributed by atoms with E-state index in [1.54, 1.807) is 6.20 Å². The van der Waals surface area contributed by atoms with Crippen molar-refractivity contribution in [3.8, 4) is 0 Å². The number of halogens is 2. The molecular weight excluding hydrogens is 286 g/mol. The Morgan fingerprint density at radius 2 is 2.14 bits per heavy atom. The molecule has 0 atom stereocenters. The number of thioether (sulfide) groups is 1. The topological polar surface area (TPSA) is 29.0 Å². The van der Waals surface area contributed by atoms with Crippen LogP contribution in [0, 0.1) is 0 Å². The molecule has 0 radical (unpaired) electrons. The summed E-state index contributed by atoms with van der Waals surface area (Å²) in [6.45, 7) is 2.05. The highest BCUT2D eigenvalue weighted by atomic mass is 79.9. The molecule has 1 aromatic rings. The summed E-state index contributed by atoms with van der Waals surface area (Å²) in [5, 5.41) is 0.431. The van der Waals surface area contributed by atoms with E-state index >= 15 is 0 Å². The number of hydrogen-bond donors (Lipinski definition) is 0. The van der Waals surface area contributed by atoms with Gasteiger partial charge in [0.05, 0.1) is 6.20 Å². The van der Waals surface area contributed by atoms with Crippen molar-refractivity contribution in [2.75, 3.05) is 29.5 Å². The van der Waals surface area contributed by atoms with Gasteiger partial charge in [0.15, 0.2) is 5.15 Å². The highest BCUT2D eigenvalue weighted by Gasteiger charge is 2.13.